The molecule has 26 heavy (non-hydrogen) atoms. The molecule has 1 aromatic heterocycles. The Kier molecular flexibility index (Phi) is 6.82. The lowest BCUT2D eigenvalue weighted by molar-refractivity contribution is 0.0952. The maximum Gasteiger partial charge on any atom is 0.251 e. The molecule has 1 saturated heterocycles. The highest BCUT2D eigenvalue weighted by Crippen LogP contribution is 2.29. The number of ether oxygens (including phenoxy) is 1. The van der Waals surface area contributed by atoms with Crippen LogP contribution in [0.25, 0.3) is 10.2 Å². The van der Waals surface area contributed by atoms with Gasteiger partial charge in [-0.3, -0.25) is 4.79 Å². The molecule has 1 aliphatic heterocycles. The van der Waals surface area contributed by atoms with Crippen molar-refractivity contribution in [3.8, 4) is 0 Å². The van der Waals surface area contributed by atoms with Gasteiger partial charge in [-0.2, -0.15) is 0 Å². The molecule has 6 nitrogen and oxygen atoms in total. The number of nitrogens with zero attached hydrogens (tertiary/aromatic N) is 3. The number of thiazole rings is 1. The van der Waals surface area contributed by atoms with Crippen molar-refractivity contribution >= 4 is 32.6 Å². The first-order valence-corrected chi connectivity index (χ1v) is 10.3. The number of fused-ring (bicyclic) bond motifs is 1. The molecule has 0 spiro atoms. The summed E-state index contributed by atoms with van der Waals surface area (Å²) in [4.78, 5) is 21.7. The molecule has 1 N–H and O–H groups in total. The molecule has 0 unspecified atom stereocenters. The molecule has 2 aromatic rings. The molecular formula is C19H28N4O2S. The Balaban J connectivity index is 1.58. The van der Waals surface area contributed by atoms with E-state index in [2.05, 4.69) is 29.0 Å². The standard InChI is InChI=1S/C19H28N4O2S/c1-3-22(4-2)9-5-8-20-18(24)15-6-7-16-17(14-15)26-19(21-16)23-10-12-25-13-11-23/h6-7,14H,3-5,8-13H2,1-2H3,(H,20,24). The summed E-state index contributed by atoms with van der Waals surface area (Å²) in [5, 5.41) is 4.04. The van der Waals surface area contributed by atoms with Crippen LogP contribution in [-0.2, 0) is 4.74 Å². The number of rotatable bonds is 8. The van der Waals surface area contributed by atoms with Crippen LogP contribution >= 0.6 is 11.3 Å². The highest BCUT2D eigenvalue weighted by molar-refractivity contribution is 7.22. The van der Waals surface area contributed by atoms with E-state index in [9.17, 15) is 4.79 Å². The summed E-state index contributed by atoms with van der Waals surface area (Å²) < 4.78 is 6.46. The van der Waals surface area contributed by atoms with Gasteiger partial charge in [-0.15, -0.1) is 0 Å². The third-order valence-corrected chi connectivity index (χ3v) is 5.83. The van der Waals surface area contributed by atoms with Crippen molar-refractivity contribution in [3.63, 3.8) is 0 Å². The fourth-order valence-electron chi connectivity index (χ4n) is 3.09. The summed E-state index contributed by atoms with van der Waals surface area (Å²) in [5.74, 6) is -0.00669. The van der Waals surface area contributed by atoms with E-state index in [0.717, 1.165) is 67.7 Å². The quantitative estimate of drug-likeness (QED) is 0.718. The molecule has 142 valence electrons. The van der Waals surface area contributed by atoms with Crippen molar-refractivity contribution in [1.82, 2.24) is 15.2 Å². The van der Waals surface area contributed by atoms with Crippen molar-refractivity contribution in [2.45, 2.75) is 20.3 Å². The molecule has 7 heteroatoms. The lowest BCUT2D eigenvalue weighted by Gasteiger charge is -2.25. The van der Waals surface area contributed by atoms with Gasteiger partial charge in [0.15, 0.2) is 5.13 Å². The van der Waals surface area contributed by atoms with E-state index < -0.39 is 0 Å². The van der Waals surface area contributed by atoms with Crippen LogP contribution < -0.4 is 10.2 Å². The molecule has 1 aliphatic rings. The second-order valence-corrected chi connectivity index (χ2v) is 7.42. The molecule has 3 rings (SSSR count). The van der Waals surface area contributed by atoms with E-state index >= 15 is 0 Å². The number of carbonyl (C=O) groups excluding carboxylic acids is 1. The van der Waals surface area contributed by atoms with Gasteiger partial charge in [0.05, 0.1) is 23.4 Å². The fraction of sp³-hybridized carbons (Fsp3) is 0.579. The van der Waals surface area contributed by atoms with Gasteiger partial charge in [-0.1, -0.05) is 25.2 Å². The van der Waals surface area contributed by atoms with E-state index in [4.69, 9.17) is 9.72 Å². The van der Waals surface area contributed by atoms with Crippen LogP contribution in [0.1, 0.15) is 30.6 Å². The van der Waals surface area contributed by atoms with Crippen LogP contribution in [0.2, 0.25) is 0 Å². The smallest absolute Gasteiger partial charge is 0.251 e. The maximum atomic E-state index is 12.4. The van der Waals surface area contributed by atoms with Gasteiger partial charge in [0.2, 0.25) is 0 Å². The summed E-state index contributed by atoms with van der Waals surface area (Å²) in [6.07, 6.45) is 0.970. The number of anilines is 1. The average molecular weight is 377 g/mol. The largest absolute Gasteiger partial charge is 0.378 e. The zero-order valence-electron chi connectivity index (χ0n) is 15.7. The Morgan fingerprint density at radius 3 is 2.81 bits per heavy atom. The Morgan fingerprint density at radius 1 is 1.31 bits per heavy atom. The Hall–Kier alpha value is -1.70. The monoisotopic (exact) mass is 376 g/mol. The molecule has 1 amide bonds. The van der Waals surface area contributed by atoms with Crippen molar-refractivity contribution in [2.24, 2.45) is 0 Å². The van der Waals surface area contributed by atoms with Crippen LogP contribution in [0.4, 0.5) is 5.13 Å². The number of hydrogen-bond acceptors (Lipinski definition) is 6. The summed E-state index contributed by atoms with van der Waals surface area (Å²) >= 11 is 1.65. The third kappa shape index (κ3) is 4.72. The van der Waals surface area contributed by atoms with Crippen LogP contribution in [0.5, 0.6) is 0 Å². The SMILES string of the molecule is CCN(CC)CCCNC(=O)c1ccc2nc(N3CCOCC3)sc2c1. The molecule has 0 atom stereocenters. The third-order valence-electron chi connectivity index (χ3n) is 4.75. The molecular weight excluding hydrogens is 348 g/mol. The summed E-state index contributed by atoms with van der Waals surface area (Å²) in [6.45, 7) is 11.4. The molecule has 1 aromatic carbocycles. The van der Waals surface area contributed by atoms with E-state index in [0.29, 0.717) is 12.1 Å². The topological polar surface area (TPSA) is 57.7 Å². The first-order chi connectivity index (χ1) is 12.7. The molecule has 0 bridgehead atoms. The molecule has 1 fully saturated rings. The fourth-order valence-corrected chi connectivity index (χ4v) is 4.15. The summed E-state index contributed by atoms with van der Waals surface area (Å²) in [7, 11) is 0. The van der Waals surface area contributed by atoms with Crippen molar-refractivity contribution in [1.29, 1.82) is 0 Å². The van der Waals surface area contributed by atoms with Gasteiger partial charge in [0.1, 0.15) is 0 Å². The zero-order valence-corrected chi connectivity index (χ0v) is 16.5. The predicted octanol–water partition coefficient (Wildman–Crippen LogP) is 2.59. The van der Waals surface area contributed by atoms with E-state index in [-0.39, 0.29) is 5.91 Å². The van der Waals surface area contributed by atoms with E-state index in [1.807, 2.05) is 18.2 Å². The van der Waals surface area contributed by atoms with Crippen molar-refractivity contribution < 1.29 is 9.53 Å². The number of amides is 1. The van der Waals surface area contributed by atoms with Gasteiger partial charge >= 0.3 is 0 Å². The maximum absolute atomic E-state index is 12.4. The van der Waals surface area contributed by atoms with Crippen LogP contribution in [0.3, 0.4) is 0 Å². The molecule has 0 radical (unpaired) electrons. The number of benzene rings is 1. The number of morpholine rings is 1. The minimum atomic E-state index is -0.00669. The Bertz CT molecular complexity index is 723. The van der Waals surface area contributed by atoms with Crippen molar-refractivity contribution in [2.75, 3.05) is 57.4 Å². The highest BCUT2D eigenvalue weighted by atomic mass is 32.1. The lowest BCUT2D eigenvalue weighted by Crippen LogP contribution is -2.36. The predicted molar refractivity (Wildman–Crippen MR) is 107 cm³/mol. The second kappa shape index (κ2) is 9.30. The average Bonchev–Trinajstić information content (AvgIpc) is 3.12. The van der Waals surface area contributed by atoms with Gasteiger partial charge < -0.3 is 19.9 Å². The van der Waals surface area contributed by atoms with Crippen LogP contribution in [0.15, 0.2) is 18.2 Å². The molecule has 0 aliphatic carbocycles. The Morgan fingerprint density at radius 2 is 2.08 bits per heavy atom. The van der Waals surface area contributed by atoms with Crippen LogP contribution in [0, 0.1) is 0 Å². The minimum Gasteiger partial charge on any atom is -0.378 e. The first kappa shape index (κ1) is 19.1. The summed E-state index contributed by atoms with van der Waals surface area (Å²) in [5.41, 5.74) is 1.66. The molecule has 0 saturated carbocycles. The zero-order chi connectivity index (χ0) is 18.4. The van der Waals surface area contributed by atoms with Gasteiger partial charge in [-0.25, -0.2) is 4.98 Å². The Labute approximate surface area is 159 Å². The number of aromatic nitrogens is 1. The molecule has 2 heterocycles. The normalized spacial score (nSPS) is 15.0. The number of carbonyl (C=O) groups is 1. The highest BCUT2D eigenvalue weighted by Gasteiger charge is 2.16. The second-order valence-electron chi connectivity index (χ2n) is 6.41. The van der Waals surface area contributed by atoms with Gasteiger partial charge in [-0.05, 0) is 44.3 Å². The summed E-state index contributed by atoms with van der Waals surface area (Å²) in [6, 6.07) is 5.77. The lowest BCUT2D eigenvalue weighted by atomic mass is 10.2. The minimum absolute atomic E-state index is 0.00669. The number of hydrogen-bond donors (Lipinski definition) is 1. The van der Waals surface area contributed by atoms with Crippen LogP contribution in [-0.4, -0.2) is 68.3 Å². The van der Waals surface area contributed by atoms with Crippen molar-refractivity contribution in [3.05, 3.63) is 23.8 Å². The van der Waals surface area contributed by atoms with E-state index in [1.165, 1.54) is 0 Å². The van der Waals surface area contributed by atoms with E-state index in [1.54, 1.807) is 11.3 Å². The first-order valence-electron chi connectivity index (χ1n) is 9.45. The van der Waals surface area contributed by atoms with Gasteiger partial charge in [0, 0.05) is 25.2 Å². The number of nitrogens with one attached hydrogen (secondary N) is 1. The van der Waals surface area contributed by atoms with Gasteiger partial charge in [0.25, 0.3) is 5.91 Å².